The van der Waals surface area contributed by atoms with Gasteiger partial charge >= 0.3 is 0 Å². The number of hydrogen-bond acceptors (Lipinski definition) is 5. The summed E-state index contributed by atoms with van der Waals surface area (Å²) in [6, 6.07) is 4.82. The van der Waals surface area contributed by atoms with Gasteiger partial charge in [-0.3, -0.25) is 10.1 Å². The Balaban J connectivity index is 2.05. The maximum Gasteiger partial charge on any atom is 0.269 e. The molecule has 2 rings (SSSR count). The Morgan fingerprint density at radius 1 is 1.47 bits per heavy atom. The molecule has 0 aliphatic heterocycles. The van der Waals surface area contributed by atoms with Crippen LogP contribution in [0.1, 0.15) is 22.4 Å². The molecule has 2 aromatic rings. The molecule has 1 aromatic heterocycles. The van der Waals surface area contributed by atoms with Crippen molar-refractivity contribution < 1.29 is 4.92 Å². The van der Waals surface area contributed by atoms with E-state index >= 15 is 0 Å². The third-order valence-corrected chi connectivity index (χ3v) is 3.94. The van der Waals surface area contributed by atoms with Crippen LogP contribution in [0.2, 0.25) is 0 Å². The number of aryl methyl sites for hydroxylation is 2. The van der Waals surface area contributed by atoms with Gasteiger partial charge in [0.25, 0.3) is 5.69 Å². The Kier molecular flexibility index (Phi) is 4.11. The van der Waals surface area contributed by atoms with Crippen molar-refractivity contribution in [1.82, 2.24) is 4.98 Å². The second kappa shape index (κ2) is 5.79. The first-order valence-electron chi connectivity index (χ1n) is 6.02. The summed E-state index contributed by atoms with van der Waals surface area (Å²) in [5.74, 6) is 0. The molecule has 0 atom stereocenters. The van der Waals surface area contributed by atoms with Crippen molar-refractivity contribution in [3.05, 3.63) is 50.0 Å². The van der Waals surface area contributed by atoms with Crippen molar-refractivity contribution >= 4 is 22.7 Å². The number of nitro benzene ring substituents is 1. The smallest absolute Gasteiger partial charge is 0.269 e. The normalized spacial score (nSPS) is 10.4. The first kappa shape index (κ1) is 13.5. The Labute approximate surface area is 115 Å². The molecule has 5 nitrogen and oxygen atoms in total. The van der Waals surface area contributed by atoms with Gasteiger partial charge in [-0.1, -0.05) is 6.92 Å². The lowest BCUT2D eigenvalue weighted by Crippen LogP contribution is -2.01. The van der Waals surface area contributed by atoms with Crippen LogP contribution >= 0.6 is 11.3 Å². The zero-order valence-corrected chi connectivity index (χ0v) is 11.7. The van der Waals surface area contributed by atoms with Gasteiger partial charge < -0.3 is 5.32 Å². The molecular formula is C13H15N3O2S. The van der Waals surface area contributed by atoms with Crippen LogP contribution in [0, 0.1) is 17.0 Å². The van der Waals surface area contributed by atoms with E-state index < -0.39 is 0 Å². The Hall–Kier alpha value is -1.95. The minimum atomic E-state index is -0.384. The predicted molar refractivity (Wildman–Crippen MR) is 76.7 cm³/mol. The van der Waals surface area contributed by atoms with Gasteiger partial charge in [0.15, 0.2) is 0 Å². The molecule has 19 heavy (non-hydrogen) atoms. The first-order chi connectivity index (χ1) is 9.10. The highest BCUT2D eigenvalue weighted by Crippen LogP contribution is 2.22. The van der Waals surface area contributed by atoms with Crippen LogP contribution in [0.5, 0.6) is 0 Å². The number of nitrogens with zero attached hydrogens (tertiary/aromatic N) is 2. The summed E-state index contributed by atoms with van der Waals surface area (Å²) in [7, 11) is 0. The molecule has 0 spiro atoms. The van der Waals surface area contributed by atoms with E-state index in [-0.39, 0.29) is 10.6 Å². The molecular weight excluding hydrogens is 262 g/mol. The lowest BCUT2D eigenvalue weighted by molar-refractivity contribution is -0.384. The average Bonchev–Trinajstić information content (AvgIpc) is 2.85. The zero-order chi connectivity index (χ0) is 13.8. The van der Waals surface area contributed by atoms with Crippen LogP contribution in [0.4, 0.5) is 11.4 Å². The van der Waals surface area contributed by atoms with E-state index in [1.165, 1.54) is 10.9 Å². The molecule has 1 N–H and O–H groups in total. The summed E-state index contributed by atoms with van der Waals surface area (Å²) >= 11 is 1.68. The molecule has 100 valence electrons. The van der Waals surface area contributed by atoms with Gasteiger partial charge in [0.05, 0.1) is 11.5 Å². The van der Waals surface area contributed by atoms with Crippen molar-refractivity contribution in [2.24, 2.45) is 0 Å². The Morgan fingerprint density at radius 3 is 2.84 bits per heavy atom. The lowest BCUT2D eigenvalue weighted by Gasteiger charge is -2.07. The van der Waals surface area contributed by atoms with E-state index in [0.717, 1.165) is 22.7 Å². The van der Waals surface area contributed by atoms with Crippen LogP contribution in [0.15, 0.2) is 24.4 Å². The minimum absolute atomic E-state index is 0.116. The van der Waals surface area contributed by atoms with Crippen LogP contribution < -0.4 is 5.32 Å². The molecule has 0 unspecified atom stereocenters. The predicted octanol–water partition coefficient (Wildman–Crippen LogP) is 3.53. The van der Waals surface area contributed by atoms with E-state index in [2.05, 4.69) is 17.2 Å². The van der Waals surface area contributed by atoms with Gasteiger partial charge in [-0.05, 0) is 25.0 Å². The zero-order valence-electron chi connectivity index (χ0n) is 10.8. The molecule has 6 heteroatoms. The van der Waals surface area contributed by atoms with Crippen LogP contribution in [-0.4, -0.2) is 9.91 Å². The largest absolute Gasteiger partial charge is 0.378 e. The number of hydrogen-bond donors (Lipinski definition) is 1. The van der Waals surface area contributed by atoms with E-state index in [0.29, 0.717) is 6.54 Å². The second-order valence-corrected chi connectivity index (χ2v) is 5.38. The number of aromatic nitrogens is 1. The highest BCUT2D eigenvalue weighted by Gasteiger charge is 2.08. The molecule has 0 saturated heterocycles. The molecule has 0 radical (unpaired) electrons. The number of anilines is 1. The number of nitrogens with one attached hydrogen (secondary N) is 1. The fourth-order valence-corrected chi connectivity index (χ4v) is 2.53. The van der Waals surface area contributed by atoms with Crippen molar-refractivity contribution in [2.45, 2.75) is 26.8 Å². The number of nitro groups is 1. The molecule has 0 bridgehead atoms. The molecule has 0 aliphatic carbocycles. The number of non-ortho nitro benzene ring substituents is 1. The van der Waals surface area contributed by atoms with Crippen molar-refractivity contribution in [1.29, 1.82) is 0 Å². The minimum Gasteiger partial charge on any atom is -0.378 e. The Morgan fingerprint density at radius 2 is 2.26 bits per heavy atom. The van der Waals surface area contributed by atoms with Gasteiger partial charge in [0.2, 0.25) is 0 Å². The van der Waals surface area contributed by atoms with Gasteiger partial charge in [-0.2, -0.15) is 0 Å². The third kappa shape index (κ3) is 3.29. The highest BCUT2D eigenvalue weighted by molar-refractivity contribution is 7.11. The molecule has 0 saturated carbocycles. The summed E-state index contributed by atoms with van der Waals surface area (Å²) in [4.78, 5) is 15.9. The standard InChI is InChI=1S/C13H15N3O2S/c1-3-11-7-15-13(19-11)8-14-12-5-4-10(16(17)18)6-9(12)2/h4-7,14H,3,8H2,1-2H3. The molecule has 0 aliphatic rings. The average molecular weight is 277 g/mol. The van der Waals surface area contributed by atoms with Gasteiger partial charge in [-0.15, -0.1) is 11.3 Å². The van der Waals surface area contributed by atoms with E-state index in [1.54, 1.807) is 23.5 Å². The van der Waals surface area contributed by atoms with Gasteiger partial charge in [0, 0.05) is 28.9 Å². The molecule has 1 heterocycles. The van der Waals surface area contributed by atoms with Crippen LogP contribution in [0.3, 0.4) is 0 Å². The highest BCUT2D eigenvalue weighted by atomic mass is 32.1. The number of rotatable bonds is 5. The number of benzene rings is 1. The third-order valence-electron chi connectivity index (χ3n) is 2.80. The van der Waals surface area contributed by atoms with Crippen molar-refractivity contribution in [3.63, 3.8) is 0 Å². The fraction of sp³-hybridized carbons (Fsp3) is 0.308. The summed E-state index contributed by atoms with van der Waals surface area (Å²) in [6.45, 7) is 4.60. The van der Waals surface area contributed by atoms with Gasteiger partial charge in [0.1, 0.15) is 5.01 Å². The Bertz CT molecular complexity index is 595. The summed E-state index contributed by atoms with van der Waals surface area (Å²) in [5.41, 5.74) is 1.88. The summed E-state index contributed by atoms with van der Waals surface area (Å²) in [6.07, 6.45) is 2.89. The molecule has 1 aromatic carbocycles. The summed E-state index contributed by atoms with van der Waals surface area (Å²) in [5, 5.41) is 14.9. The number of thiazole rings is 1. The van der Waals surface area contributed by atoms with E-state index in [9.17, 15) is 10.1 Å². The first-order valence-corrected chi connectivity index (χ1v) is 6.84. The van der Waals surface area contributed by atoms with E-state index in [1.807, 2.05) is 13.1 Å². The summed E-state index contributed by atoms with van der Waals surface area (Å²) < 4.78 is 0. The molecule has 0 fully saturated rings. The van der Waals surface area contributed by atoms with Crippen LogP contribution in [-0.2, 0) is 13.0 Å². The van der Waals surface area contributed by atoms with Gasteiger partial charge in [-0.25, -0.2) is 4.98 Å². The van der Waals surface area contributed by atoms with Crippen molar-refractivity contribution in [3.8, 4) is 0 Å². The van der Waals surface area contributed by atoms with Crippen LogP contribution in [0.25, 0.3) is 0 Å². The quantitative estimate of drug-likeness (QED) is 0.670. The molecule has 0 amide bonds. The maximum atomic E-state index is 10.7. The monoisotopic (exact) mass is 277 g/mol. The van der Waals surface area contributed by atoms with Crippen molar-refractivity contribution in [2.75, 3.05) is 5.32 Å². The second-order valence-electron chi connectivity index (χ2n) is 4.18. The SMILES string of the molecule is CCc1cnc(CNc2ccc([N+](=O)[O-])cc2C)s1. The van der Waals surface area contributed by atoms with E-state index in [4.69, 9.17) is 0 Å². The maximum absolute atomic E-state index is 10.7. The topological polar surface area (TPSA) is 68.1 Å². The fourth-order valence-electron chi connectivity index (χ4n) is 1.72. The lowest BCUT2D eigenvalue weighted by atomic mass is 10.2.